The van der Waals surface area contributed by atoms with Crippen LogP contribution in [0.4, 0.5) is 26.3 Å². The molecule has 0 heterocycles. The van der Waals surface area contributed by atoms with Gasteiger partial charge in [0.05, 0.1) is 17.5 Å². The van der Waals surface area contributed by atoms with Crippen LogP contribution in [0.15, 0.2) is 60.7 Å². The number of carbonyl (C=O) groups excluding carboxylic acids is 3. The molecular weight excluding hydrogens is 552 g/mol. The maximum absolute atomic E-state index is 13.2. The summed E-state index contributed by atoms with van der Waals surface area (Å²) in [6, 6.07) is 13.8. The Labute approximate surface area is 231 Å². The van der Waals surface area contributed by atoms with Gasteiger partial charge in [0.25, 0.3) is 5.91 Å². The Balaban J connectivity index is 1.38. The highest BCUT2D eigenvalue weighted by atomic mass is 19.4. The molecule has 0 spiro atoms. The Kier molecular flexibility index (Phi) is 8.60. The van der Waals surface area contributed by atoms with Gasteiger partial charge in [0, 0.05) is 18.7 Å². The van der Waals surface area contributed by atoms with Crippen LogP contribution >= 0.6 is 0 Å². The van der Waals surface area contributed by atoms with Crippen molar-refractivity contribution in [1.29, 1.82) is 0 Å². The summed E-state index contributed by atoms with van der Waals surface area (Å²) in [5, 5.41) is 9.65. The van der Waals surface area contributed by atoms with Gasteiger partial charge >= 0.3 is 12.4 Å². The van der Waals surface area contributed by atoms with Crippen molar-refractivity contribution in [3.63, 3.8) is 0 Å². The fourth-order valence-corrected chi connectivity index (χ4v) is 4.99. The van der Waals surface area contributed by atoms with E-state index in [9.17, 15) is 40.7 Å². The van der Waals surface area contributed by atoms with Crippen molar-refractivity contribution in [1.82, 2.24) is 16.0 Å². The summed E-state index contributed by atoms with van der Waals surface area (Å²) < 4.78 is 79.4. The topological polar surface area (TPSA) is 87.3 Å². The molecule has 3 aromatic carbocycles. The first kappa shape index (κ1) is 29.9. The minimum atomic E-state index is -5.11. The SMILES string of the molecule is O=C(Cc1cccc2ccccc12)NCCNC(=O)C1(NC(=O)c2cc(C(F)(F)F)cc(C(F)(F)F)c2)CCCC1. The van der Waals surface area contributed by atoms with E-state index in [1.807, 2.05) is 42.5 Å². The maximum Gasteiger partial charge on any atom is 0.416 e. The lowest BCUT2D eigenvalue weighted by Crippen LogP contribution is -2.57. The van der Waals surface area contributed by atoms with Gasteiger partial charge in [0.1, 0.15) is 5.54 Å². The van der Waals surface area contributed by atoms with Gasteiger partial charge in [0.15, 0.2) is 0 Å². The molecule has 41 heavy (non-hydrogen) atoms. The molecule has 3 amide bonds. The van der Waals surface area contributed by atoms with Crippen LogP contribution in [0.2, 0.25) is 0 Å². The number of hydrogen-bond acceptors (Lipinski definition) is 3. The fourth-order valence-electron chi connectivity index (χ4n) is 4.99. The zero-order valence-electron chi connectivity index (χ0n) is 21.7. The lowest BCUT2D eigenvalue weighted by molar-refractivity contribution is -0.143. The first-order valence-electron chi connectivity index (χ1n) is 12.9. The van der Waals surface area contributed by atoms with Gasteiger partial charge in [0.2, 0.25) is 11.8 Å². The van der Waals surface area contributed by atoms with E-state index in [-0.39, 0.29) is 44.3 Å². The molecule has 0 atom stereocenters. The molecular formula is C29H27F6N3O3. The minimum absolute atomic E-state index is 0.000484. The van der Waals surface area contributed by atoms with E-state index in [0.29, 0.717) is 25.0 Å². The third kappa shape index (κ3) is 7.17. The van der Waals surface area contributed by atoms with E-state index >= 15 is 0 Å². The highest BCUT2D eigenvalue weighted by Gasteiger charge is 2.43. The number of nitrogens with one attached hydrogen (secondary N) is 3. The predicted octanol–water partition coefficient (Wildman–Crippen LogP) is 5.40. The monoisotopic (exact) mass is 579 g/mol. The molecule has 3 aromatic rings. The maximum atomic E-state index is 13.2. The van der Waals surface area contributed by atoms with E-state index in [0.717, 1.165) is 16.3 Å². The van der Waals surface area contributed by atoms with Crippen LogP contribution in [0.25, 0.3) is 10.8 Å². The molecule has 0 radical (unpaired) electrons. The molecule has 218 valence electrons. The molecule has 1 aliphatic rings. The van der Waals surface area contributed by atoms with Crippen molar-refractivity contribution >= 4 is 28.5 Å². The van der Waals surface area contributed by atoms with Gasteiger partial charge in [-0.3, -0.25) is 14.4 Å². The lowest BCUT2D eigenvalue weighted by atomic mass is 9.95. The molecule has 1 saturated carbocycles. The van der Waals surface area contributed by atoms with Gasteiger partial charge in [-0.25, -0.2) is 0 Å². The van der Waals surface area contributed by atoms with Gasteiger partial charge in [-0.1, -0.05) is 55.3 Å². The summed E-state index contributed by atoms with van der Waals surface area (Å²) in [4.78, 5) is 38.4. The average molecular weight is 580 g/mol. The normalized spacial score (nSPS) is 15.0. The van der Waals surface area contributed by atoms with Gasteiger partial charge in [-0.15, -0.1) is 0 Å². The second-order valence-corrected chi connectivity index (χ2v) is 9.96. The molecule has 0 bridgehead atoms. The molecule has 0 saturated heterocycles. The molecule has 0 aliphatic heterocycles. The Morgan fingerprint density at radius 1 is 0.756 bits per heavy atom. The van der Waals surface area contributed by atoms with E-state index in [4.69, 9.17) is 0 Å². The van der Waals surface area contributed by atoms with Crippen molar-refractivity contribution < 1.29 is 40.7 Å². The number of amides is 3. The first-order valence-corrected chi connectivity index (χ1v) is 12.9. The van der Waals surface area contributed by atoms with E-state index < -0.39 is 46.4 Å². The number of fused-ring (bicyclic) bond motifs is 1. The second-order valence-electron chi connectivity index (χ2n) is 9.96. The van der Waals surface area contributed by atoms with Crippen molar-refractivity contribution in [3.05, 3.63) is 82.9 Å². The molecule has 1 aliphatic carbocycles. The van der Waals surface area contributed by atoms with E-state index in [1.54, 1.807) is 0 Å². The number of benzene rings is 3. The predicted molar refractivity (Wildman–Crippen MR) is 139 cm³/mol. The number of hydrogen-bond donors (Lipinski definition) is 3. The van der Waals surface area contributed by atoms with Crippen LogP contribution in [-0.4, -0.2) is 36.3 Å². The Morgan fingerprint density at radius 2 is 1.34 bits per heavy atom. The largest absolute Gasteiger partial charge is 0.416 e. The number of alkyl halides is 6. The highest BCUT2D eigenvalue weighted by Crippen LogP contribution is 2.37. The molecule has 4 rings (SSSR count). The third-order valence-electron chi connectivity index (χ3n) is 7.06. The number of carbonyl (C=O) groups is 3. The van der Waals surface area contributed by atoms with Gasteiger partial charge in [-0.05, 0) is 47.4 Å². The molecule has 0 aromatic heterocycles. The summed E-state index contributed by atoms with van der Waals surface area (Å²) in [5.41, 5.74) is -4.77. The Hall–Kier alpha value is -4.09. The Bertz CT molecular complexity index is 1410. The van der Waals surface area contributed by atoms with Gasteiger partial charge < -0.3 is 16.0 Å². The zero-order chi connectivity index (χ0) is 29.8. The standard InChI is InChI=1S/C29H27F6N3O3/c30-28(31,32)21-14-20(15-22(17-21)29(33,34)35)25(40)38-27(10-3-4-11-27)26(41)37-13-12-36-24(39)16-19-8-5-7-18-6-1-2-9-23(18)19/h1-2,5-9,14-15,17H,3-4,10-13,16H2,(H,36,39)(H,37,41)(H,38,40). The highest BCUT2D eigenvalue weighted by molar-refractivity contribution is 5.99. The van der Waals surface area contributed by atoms with Crippen LogP contribution in [0.1, 0.15) is 52.7 Å². The van der Waals surface area contributed by atoms with Crippen LogP contribution in [0.5, 0.6) is 0 Å². The first-order chi connectivity index (χ1) is 19.3. The summed E-state index contributed by atoms with van der Waals surface area (Å²) in [7, 11) is 0. The van der Waals surface area contributed by atoms with Crippen LogP contribution in [0.3, 0.4) is 0 Å². The number of halogens is 6. The van der Waals surface area contributed by atoms with E-state index in [1.165, 1.54) is 0 Å². The fraction of sp³-hybridized carbons (Fsp3) is 0.345. The van der Waals surface area contributed by atoms with Crippen molar-refractivity contribution in [2.75, 3.05) is 13.1 Å². The van der Waals surface area contributed by atoms with Crippen molar-refractivity contribution in [2.24, 2.45) is 0 Å². The minimum Gasteiger partial charge on any atom is -0.354 e. The number of rotatable bonds is 8. The smallest absolute Gasteiger partial charge is 0.354 e. The van der Waals surface area contributed by atoms with Crippen molar-refractivity contribution in [3.8, 4) is 0 Å². The lowest BCUT2D eigenvalue weighted by Gasteiger charge is -2.29. The van der Waals surface area contributed by atoms with Crippen LogP contribution in [-0.2, 0) is 28.4 Å². The molecule has 6 nitrogen and oxygen atoms in total. The van der Waals surface area contributed by atoms with Crippen molar-refractivity contribution in [2.45, 2.75) is 50.0 Å². The molecule has 3 N–H and O–H groups in total. The molecule has 0 unspecified atom stereocenters. The second kappa shape index (κ2) is 11.8. The summed E-state index contributed by atoms with van der Waals surface area (Å²) in [6.45, 7) is 0.0709. The molecule has 12 heteroatoms. The molecule has 1 fully saturated rings. The summed E-state index contributed by atoms with van der Waals surface area (Å²) >= 11 is 0. The quantitative estimate of drug-likeness (QED) is 0.247. The van der Waals surface area contributed by atoms with E-state index in [2.05, 4.69) is 16.0 Å². The van der Waals surface area contributed by atoms with Crippen LogP contribution < -0.4 is 16.0 Å². The Morgan fingerprint density at radius 3 is 1.98 bits per heavy atom. The average Bonchev–Trinajstić information content (AvgIpc) is 3.39. The van der Waals surface area contributed by atoms with Crippen LogP contribution in [0, 0.1) is 0 Å². The summed E-state index contributed by atoms with van der Waals surface area (Å²) in [5.74, 6) is -2.12. The van der Waals surface area contributed by atoms with Gasteiger partial charge in [-0.2, -0.15) is 26.3 Å². The third-order valence-corrected chi connectivity index (χ3v) is 7.06. The zero-order valence-corrected chi connectivity index (χ0v) is 21.7. The summed E-state index contributed by atoms with van der Waals surface area (Å²) in [6.07, 6.45) is -8.76.